The number of carbonyl (C=O) groups is 1. The van der Waals surface area contributed by atoms with E-state index in [2.05, 4.69) is 4.98 Å². The molecule has 6 heteroatoms. The molecule has 3 aromatic carbocycles. The van der Waals surface area contributed by atoms with E-state index in [1.54, 1.807) is 42.7 Å². The minimum Gasteiger partial charge on any atom is -0.363 e. The Morgan fingerprint density at radius 2 is 1.86 bits per heavy atom. The van der Waals surface area contributed by atoms with Crippen LogP contribution in [-0.2, 0) is 12.8 Å². The van der Waals surface area contributed by atoms with Gasteiger partial charge in [-0.05, 0) is 42.8 Å². The van der Waals surface area contributed by atoms with Crippen LogP contribution in [0.4, 0.5) is 5.69 Å². The van der Waals surface area contributed by atoms with Gasteiger partial charge in [0, 0.05) is 28.8 Å². The summed E-state index contributed by atoms with van der Waals surface area (Å²) in [6, 6.07) is 18.1. The van der Waals surface area contributed by atoms with Crippen molar-refractivity contribution in [2.24, 2.45) is 7.05 Å². The van der Waals surface area contributed by atoms with Gasteiger partial charge in [0.1, 0.15) is 0 Å². The number of aliphatic hydroxyl groups is 1. The van der Waals surface area contributed by atoms with Crippen molar-refractivity contribution < 1.29 is 9.90 Å². The molecule has 144 valence electrons. The van der Waals surface area contributed by atoms with Gasteiger partial charge in [-0.3, -0.25) is 9.69 Å². The average Bonchev–Trinajstić information content (AvgIpc) is 3.21. The lowest BCUT2D eigenvalue weighted by Gasteiger charge is -2.35. The number of fused-ring (bicyclic) bond motifs is 2. The standard InChI is InChI=1S/C23H18ClN3O2/c1-14-18(24)8-5-9-20(14)27-22(28)16-6-3-4-7-17(16)23(27,29)15-10-11-21-19(12-15)25-13-26(21)2/h3-13,29H,1-2H3. The summed E-state index contributed by atoms with van der Waals surface area (Å²) in [5.74, 6) is -0.269. The third-order valence-electron chi connectivity index (χ3n) is 5.67. The van der Waals surface area contributed by atoms with E-state index in [-0.39, 0.29) is 5.91 Å². The summed E-state index contributed by atoms with van der Waals surface area (Å²) in [5, 5.41) is 12.6. The van der Waals surface area contributed by atoms with E-state index in [0.717, 1.165) is 16.6 Å². The molecule has 4 aromatic rings. The lowest BCUT2D eigenvalue weighted by Crippen LogP contribution is -2.45. The first-order valence-corrected chi connectivity index (χ1v) is 9.64. The highest BCUT2D eigenvalue weighted by atomic mass is 35.5. The molecule has 0 fully saturated rings. The first-order valence-electron chi connectivity index (χ1n) is 9.26. The molecule has 5 nitrogen and oxygen atoms in total. The van der Waals surface area contributed by atoms with E-state index >= 15 is 0 Å². The highest BCUT2D eigenvalue weighted by molar-refractivity contribution is 6.32. The number of halogens is 1. The van der Waals surface area contributed by atoms with E-state index in [9.17, 15) is 9.90 Å². The lowest BCUT2D eigenvalue weighted by molar-refractivity contribution is 0.0703. The van der Waals surface area contributed by atoms with Crippen molar-refractivity contribution in [2.45, 2.75) is 12.6 Å². The Morgan fingerprint density at radius 1 is 1.07 bits per heavy atom. The normalized spacial score (nSPS) is 18.5. The zero-order valence-corrected chi connectivity index (χ0v) is 16.7. The number of imidazole rings is 1. The third-order valence-corrected chi connectivity index (χ3v) is 6.08. The number of aromatic nitrogens is 2. The number of nitrogens with zero attached hydrogens (tertiary/aromatic N) is 3. The molecule has 5 rings (SSSR count). The fourth-order valence-corrected chi connectivity index (χ4v) is 4.29. The monoisotopic (exact) mass is 403 g/mol. The second-order valence-corrected chi connectivity index (χ2v) is 7.71. The molecule has 1 aromatic heterocycles. The van der Waals surface area contributed by atoms with Gasteiger partial charge < -0.3 is 9.67 Å². The molecule has 0 bridgehead atoms. The molecule has 0 saturated heterocycles. The van der Waals surface area contributed by atoms with Crippen LogP contribution in [0.25, 0.3) is 11.0 Å². The molecular formula is C23H18ClN3O2. The van der Waals surface area contributed by atoms with E-state index < -0.39 is 5.72 Å². The van der Waals surface area contributed by atoms with Crippen molar-refractivity contribution in [2.75, 3.05) is 4.90 Å². The highest BCUT2D eigenvalue weighted by Gasteiger charge is 2.51. The average molecular weight is 404 g/mol. The zero-order valence-electron chi connectivity index (χ0n) is 15.9. The van der Waals surface area contributed by atoms with Crippen LogP contribution in [0.2, 0.25) is 5.02 Å². The maximum atomic E-state index is 13.4. The quantitative estimate of drug-likeness (QED) is 0.540. The molecule has 0 spiro atoms. The van der Waals surface area contributed by atoms with Crippen LogP contribution in [0.3, 0.4) is 0 Å². The van der Waals surface area contributed by atoms with Gasteiger partial charge in [0.2, 0.25) is 0 Å². The number of amides is 1. The summed E-state index contributed by atoms with van der Waals surface area (Å²) < 4.78 is 1.91. The number of rotatable bonds is 2. The van der Waals surface area contributed by atoms with E-state index in [1.807, 2.05) is 42.8 Å². The fraction of sp³-hybridized carbons (Fsp3) is 0.130. The molecule has 1 aliphatic rings. The smallest absolute Gasteiger partial charge is 0.261 e. The summed E-state index contributed by atoms with van der Waals surface area (Å²) in [5.41, 5.74) is 2.90. The van der Waals surface area contributed by atoms with Crippen LogP contribution < -0.4 is 4.90 Å². The second-order valence-electron chi connectivity index (χ2n) is 7.30. The molecule has 1 atom stereocenters. The molecular weight excluding hydrogens is 386 g/mol. The maximum absolute atomic E-state index is 13.4. The minimum atomic E-state index is -1.67. The molecule has 1 amide bonds. The first kappa shape index (κ1) is 17.9. The predicted octanol–water partition coefficient (Wildman–Crippen LogP) is 4.39. The predicted molar refractivity (Wildman–Crippen MR) is 113 cm³/mol. The van der Waals surface area contributed by atoms with Crippen LogP contribution >= 0.6 is 11.6 Å². The summed E-state index contributed by atoms with van der Waals surface area (Å²) in [6.45, 7) is 1.84. The summed E-state index contributed by atoms with van der Waals surface area (Å²) in [4.78, 5) is 19.3. The van der Waals surface area contributed by atoms with Crippen molar-refractivity contribution >= 4 is 34.2 Å². The zero-order chi connectivity index (χ0) is 20.3. The molecule has 1 aliphatic heterocycles. The third kappa shape index (κ3) is 2.38. The highest BCUT2D eigenvalue weighted by Crippen LogP contribution is 2.46. The van der Waals surface area contributed by atoms with Gasteiger partial charge in [0.15, 0.2) is 5.72 Å². The molecule has 0 aliphatic carbocycles. The number of carbonyl (C=O) groups excluding carboxylic acids is 1. The van der Waals surface area contributed by atoms with Crippen LogP contribution in [0.5, 0.6) is 0 Å². The number of hydrogen-bond acceptors (Lipinski definition) is 3. The molecule has 0 radical (unpaired) electrons. The van der Waals surface area contributed by atoms with Crippen molar-refractivity contribution in [1.82, 2.24) is 9.55 Å². The van der Waals surface area contributed by atoms with Crippen LogP contribution in [-0.4, -0.2) is 20.6 Å². The van der Waals surface area contributed by atoms with Crippen molar-refractivity contribution in [3.63, 3.8) is 0 Å². The Bertz CT molecular complexity index is 1300. The van der Waals surface area contributed by atoms with E-state index in [4.69, 9.17) is 11.6 Å². The molecule has 1 N–H and O–H groups in total. The van der Waals surface area contributed by atoms with Crippen LogP contribution in [0.1, 0.15) is 27.0 Å². The van der Waals surface area contributed by atoms with Gasteiger partial charge in [0.05, 0.1) is 23.0 Å². The SMILES string of the molecule is Cc1c(Cl)cccc1N1C(=O)c2ccccc2C1(O)c1ccc2c(c1)ncn2C. The van der Waals surface area contributed by atoms with E-state index in [0.29, 0.717) is 27.4 Å². The molecule has 1 unspecified atom stereocenters. The Balaban J connectivity index is 1.81. The number of benzene rings is 3. The fourth-order valence-electron chi connectivity index (χ4n) is 4.12. The van der Waals surface area contributed by atoms with Gasteiger partial charge in [-0.25, -0.2) is 4.98 Å². The summed E-state index contributed by atoms with van der Waals surface area (Å²) >= 11 is 6.34. The van der Waals surface area contributed by atoms with Gasteiger partial charge in [0.25, 0.3) is 5.91 Å². The van der Waals surface area contributed by atoms with E-state index in [1.165, 1.54) is 4.90 Å². The minimum absolute atomic E-state index is 0.269. The maximum Gasteiger partial charge on any atom is 0.261 e. The van der Waals surface area contributed by atoms with Crippen molar-refractivity contribution in [3.05, 3.63) is 94.3 Å². The second kappa shape index (κ2) is 6.17. The molecule has 0 saturated carbocycles. The Labute approximate surface area is 172 Å². The summed E-state index contributed by atoms with van der Waals surface area (Å²) in [6.07, 6.45) is 1.73. The number of anilines is 1. The number of aryl methyl sites for hydroxylation is 1. The topological polar surface area (TPSA) is 58.4 Å². The Morgan fingerprint density at radius 3 is 2.69 bits per heavy atom. The largest absolute Gasteiger partial charge is 0.363 e. The Hall–Kier alpha value is -3.15. The lowest BCUT2D eigenvalue weighted by atomic mass is 9.93. The number of hydrogen-bond donors (Lipinski definition) is 1. The van der Waals surface area contributed by atoms with Crippen LogP contribution in [0.15, 0.2) is 67.0 Å². The molecule has 29 heavy (non-hydrogen) atoms. The van der Waals surface area contributed by atoms with Crippen molar-refractivity contribution in [3.8, 4) is 0 Å². The van der Waals surface area contributed by atoms with Crippen molar-refractivity contribution in [1.29, 1.82) is 0 Å². The van der Waals surface area contributed by atoms with Gasteiger partial charge in [-0.15, -0.1) is 0 Å². The van der Waals surface area contributed by atoms with Crippen LogP contribution in [0, 0.1) is 6.92 Å². The van der Waals surface area contributed by atoms with Gasteiger partial charge in [-0.1, -0.05) is 41.9 Å². The van der Waals surface area contributed by atoms with Gasteiger partial charge >= 0.3 is 0 Å². The summed E-state index contributed by atoms with van der Waals surface area (Å²) in [7, 11) is 1.92. The Kier molecular flexibility index (Phi) is 3.81. The first-order chi connectivity index (χ1) is 13.9. The van der Waals surface area contributed by atoms with Gasteiger partial charge in [-0.2, -0.15) is 0 Å². The molecule has 2 heterocycles.